The van der Waals surface area contributed by atoms with Crippen LogP contribution < -0.4 is 5.32 Å². The lowest BCUT2D eigenvalue weighted by atomic mass is 9.85. The molecule has 14 heteroatoms. The van der Waals surface area contributed by atoms with Gasteiger partial charge in [-0.2, -0.15) is 0 Å². The first-order valence-electron chi connectivity index (χ1n) is 18.8. The normalized spacial score (nSPS) is 16.2. The van der Waals surface area contributed by atoms with E-state index < -0.39 is 48.8 Å². The fraction of sp³-hybridized carbons (Fsp3) is 0.372. The Labute approximate surface area is 329 Å². The van der Waals surface area contributed by atoms with E-state index in [1.807, 2.05) is 52.0 Å². The summed E-state index contributed by atoms with van der Waals surface area (Å²) in [6.07, 6.45) is 2.95. The number of nitrogens with one attached hydrogen (secondary N) is 3. The number of H-pyrrole nitrogens is 2. The number of Topliss-reactive ketones (excluding diaryl/α,β-unsaturated/α-hetero) is 1. The summed E-state index contributed by atoms with van der Waals surface area (Å²) < 4.78 is 0. The highest BCUT2D eigenvalue weighted by molar-refractivity contribution is 5.95. The van der Waals surface area contributed by atoms with E-state index in [9.17, 15) is 39.3 Å². The molecule has 7 N–H and O–H groups in total. The molecule has 0 saturated carbocycles. The minimum Gasteiger partial charge on any atom is -0.481 e. The van der Waals surface area contributed by atoms with E-state index in [0.29, 0.717) is 29.1 Å². The lowest BCUT2D eigenvalue weighted by molar-refractivity contribution is -0.147. The van der Waals surface area contributed by atoms with Crippen LogP contribution in [0.1, 0.15) is 116 Å². The van der Waals surface area contributed by atoms with Crippen molar-refractivity contribution in [2.24, 2.45) is 5.92 Å². The van der Waals surface area contributed by atoms with Gasteiger partial charge in [0, 0.05) is 82.3 Å². The third-order valence-corrected chi connectivity index (χ3v) is 11.0. The molecule has 5 rings (SSSR count). The smallest absolute Gasteiger partial charge is 0.326 e. The van der Waals surface area contributed by atoms with Crippen LogP contribution in [0.5, 0.6) is 0 Å². The van der Waals surface area contributed by atoms with Gasteiger partial charge < -0.3 is 35.7 Å². The highest BCUT2D eigenvalue weighted by atomic mass is 16.4. The molecule has 3 unspecified atom stereocenters. The van der Waals surface area contributed by atoms with E-state index in [-0.39, 0.29) is 49.7 Å². The Bertz CT molecular complexity index is 2350. The van der Waals surface area contributed by atoms with Crippen LogP contribution in [0.25, 0.3) is 45.4 Å². The summed E-state index contributed by atoms with van der Waals surface area (Å²) in [5.74, 6) is -5.79. The summed E-state index contributed by atoms with van der Waals surface area (Å²) in [4.78, 5) is 77.6. The van der Waals surface area contributed by atoms with Crippen molar-refractivity contribution in [1.29, 1.82) is 0 Å². The Balaban J connectivity index is 1.68. The van der Waals surface area contributed by atoms with Crippen molar-refractivity contribution >= 4 is 75.0 Å². The van der Waals surface area contributed by atoms with Gasteiger partial charge in [-0.1, -0.05) is 32.2 Å². The third kappa shape index (κ3) is 9.46. The molecule has 0 fully saturated rings. The molecule has 0 aliphatic carbocycles. The first-order valence-corrected chi connectivity index (χ1v) is 18.8. The molecule has 5 heterocycles. The van der Waals surface area contributed by atoms with Crippen molar-refractivity contribution in [3.05, 3.63) is 82.5 Å². The first-order chi connectivity index (χ1) is 27.0. The van der Waals surface area contributed by atoms with E-state index >= 15 is 0 Å². The number of carbonyl (C=O) groups excluding carboxylic acids is 2. The maximum atomic E-state index is 13.2. The van der Waals surface area contributed by atoms with Gasteiger partial charge in [-0.05, 0) is 86.1 Å². The zero-order chi connectivity index (χ0) is 41.7. The molecule has 8 bridgehead atoms. The average molecular weight is 780 g/mol. The van der Waals surface area contributed by atoms with E-state index in [2.05, 4.69) is 28.4 Å². The lowest BCUT2D eigenvalue weighted by Crippen LogP contribution is -2.42. The minimum atomic E-state index is -1.59. The molecule has 0 saturated heterocycles. The van der Waals surface area contributed by atoms with Crippen molar-refractivity contribution < 1.29 is 44.4 Å². The number of allylic oxidation sites excluding steroid dienone is 2. The van der Waals surface area contributed by atoms with Gasteiger partial charge in [0.25, 0.3) is 0 Å². The van der Waals surface area contributed by atoms with E-state index in [1.54, 1.807) is 12.2 Å². The first kappa shape index (κ1) is 42.0. The highest BCUT2D eigenvalue weighted by Crippen LogP contribution is 2.42. The number of fused-ring (bicyclic) bond motifs is 8. The molecule has 300 valence electrons. The van der Waals surface area contributed by atoms with Crippen LogP contribution in [-0.4, -0.2) is 82.6 Å². The fourth-order valence-electron chi connectivity index (χ4n) is 7.69. The topological polar surface area (TPSA) is 236 Å². The van der Waals surface area contributed by atoms with Crippen LogP contribution >= 0.6 is 0 Å². The summed E-state index contributed by atoms with van der Waals surface area (Å²) in [5.41, 5.74) is 11.1. The van der Waals surface area contributed by atoms with Gasteiger partial charge in [0.15, 0.2) is 0 Å². The van der Waals surface area contributed by atoms with Crippen molar-refractivity contribution in [2.75, 3.05) is 6.61 Å². The monoisotopic (exact) mass is 779 g/mol. The molecule has 14 nitrogen and oxygen atoms in total. The molecule has 2 aliphatic rings. The van der Waals surface area contributed by atoms with Gasteiger partial charge in [0.2, 0.25) is 5.91 Å². The molecule has 2 aliphatic heterocycles. The van der Waals surface area contributed by atoms with Crippen LogP contribution in [0.3, 0.4) is 0 Å². The molecule has 4 atom stereocenters. The number of amides is 1. The zero-order valence-corrected chi connectivity index (χ0v) is 32.6. The molecule has 0 aromatic carbocycles. The summed E-state index contributed by atoms with van der Waals surface area (Å²) >= 11 is 0. The van der Waals surface area contributed by atoms with Gasteiger partial charge >= 0.3 is 17.9 Å². The van der Waals surface area contributed by atoms with Crippen LogP contribution in [0.4, 0.5) is 0 Å². The summed E-state index contributed by atoms with van der Waals surface area (Å²) in [5, 5.41) is 39.9. The molecular formula is C43H49N5O9. The Hall–Kier alpha value is -6.15. The fourth-order valence-corrected chi connectivity index (χ4v) is 7.69. The quantitative estimate of drug-likeness (QED) is 0.0763. The van der Waals surface area contributed by atoms with Gasteiger partial charge in [0.05, 0.1) is 24.2 Å². The van der Waals surface area contributed by atoms with E-state index in [1.165, 1.54) is 0 Å². The average Bonchev–Trinajstić information content (AvgIpc) is 3.81. The summed E-state index contributed by atoms with van der Waals surface area (Å²) in [7, 11) is 0. The van der Waals surface area contributed by atoms with Crippen molar-refractivity contribution in [3.8, 4) is 0 Å². The van der Waals surface area contributed by atoms with E-state index in [0.717, 1.165) is 55.6 Å². The molecular weight excluding hydrogens is 730 g/mol. The van der Waals surface area contributed by atoms with Crippen LogP contribution in [-0.2, 0) is 24.0 Å². The summed E-state index contributed by atoms with van der Waals surface area (Å²) in [6, 6.07) is 6.19. The predicted octanol–water partition coefficient (Wildman–Crippen LogP) is 6.68. The van der Waals surface area contributed by atoms with Gasteiger partial charge in [-0.3, -0.25) is 24.2 Å². The third-order valence-electron chi connectivity index (χ3n) is 11.0. The van der Waals surface area contributed by atoms with Crippen LogP contribution in [0.2, 0.25) is 0 Å². The molecule has 1 amide bonds. The second-order valence-electron chi connectivity index (χ2n) is 14.8. The SMILES string of the molecule is C=Cc1c(C)c2cc3[nH]c(cc4nc(cc5nc(cc1[nH]2)C(C)=C5CCC(=O)N[C@@H](CC(=O)O)C(=O)O)C(CCC(=O)CC(CO)CC(=O)O)C4C)c(C)c3C=C. The summed E-state index contributed by atoms with van der Waals surface area (Å²) in [6.45, 7) is 15.6. The molecule has 57 heavy (non-hydrogen) atoms. The number of aromatic nitrogens is 4. The van der Waals surface area contributed by atoms with Crippen molar-refractivity contribution in [1.82, 2.24) is 25.3 Å². The number of hydrogen-bond acceptors (Lipinski definition) is 8. The number of aliphatic hydroxyl groups excluding tert-OH is 1. The predicted molar refractivity (Wildman–Crippen MR) is 217 cm³/mol. The number of carboxylic acid groups (broad SMARTS) is 3. The Morgan fingerprint density at radius 2 is 1.40 bits per heavy atom. The van der Waals surface area contributed by atoms with Gasteiger partial charge in [-0.25, -0.2) is 9.78 Å². The molecule has 0 radical (unpaired) electrons. The maximum absolute atomic E-state index is 13.2. The molecule has 3 aromatic heterocycles. The largest absolute Gasteiger partial charge is 0.481 e. The minimum absolute atomic E-state index is 0.0647. The van der Waals surface area contributed by atoms with Crippen LogP contribution in [0, 0.1) is 19.8 Å². The lowest BCUT2D eigenvalue weighted by Gasteiger charge is -2.17. The number of aromatic amines is 2. The zero-order valence-electron chi connectivity index (χ0n) is 32.6. The molecule has 0 spiro atoms. The number of aliphatic carboxylic acids is 3. The van der Waals surface area contributed by atoms with Crippen molar-refractivity contribution in [3.63, 3.8) is 0 Å². The maximum Gasteiger partial charge on any atom is 0.326 e. The number of nitrogens with zero attached hydrogens (tertiary/aromatic N) is 2. The van der Waals surface area contributed by atoms with Gasteiger partial charge in [0.1, 0.15) is 11.8 Å². The van der Waals surface area contributed by atoms with Gasteiger partial charge in [-0.15, -0.1) is 0 Å². The molecule has 3 aromatic rings. The number of rotatable bonds is 17. The van der Waals surface area contributed by atoms with Crippen LogP contribution in [0.15, 0.2) is 37.4 Å². The number of hydrogen-bond donors (Lipinski definition) is 7. The Morgan fingerprint density at radius 3 is 1.98 bits per heavy atom. The second-order valence-corrected chi connectivity index (χ2v) is 14.8. The highest BCUT2D eigenvalue weighted by Gasteiger charge is 2.31. The number of ketones is 1. The van der Waals surface area contributed by atoms with E-state index in [4.69, 9.17) is 15.1 Å². The Morgan fingerprint density at radius 1 is 0.789 bits per heavy atom. The standard InChI is InChI=1S/C43H49N5O9/c1-7-27-21(3)31-15-32-23(5)29(10-9-26(50)13-25(20-49)14-41(52)53)37(46-32)18-38-30(11-12-40(51)48-39(43(56)57)19-42(54)55)24(6)34(47-38)17-36-28(8-2)22(4)33(45-36)16-35(27)44-31/h7-8,15-18,23,25,29,39,44-45,49H,1-2,9-14,19-20H2,3-6H3,(H,48,51)(H,52,53)(H,54,55)(H,56,57)/t23?,25?,29?,39-/m0/s1. The van der Waals surface area contributed by atoms with Crippen molar-refractivity contribution in [2.45, 2.75) is 90.5 Å². The number of carbonyl (C=O) groups is 5. The Kier molecular flexibility index (Phi) is 13.1. The number of aliphatic hydroxyl groups is 1. The number of carboxylic acids is 3. The number of aryl methyl sites for hydroxylation is 2. The second kappa shape index (κ2) is 17.8.